The van der Waals surface area contributed by atoms with Gasteiger partial charge in [0.25, 0.3) is 0 Å². The van der Waals surface area contributed by atoms with E-state index in [-0.39, 0.29) is 5.82 Å². The molecule has 0 saturated carbocycles. The Bertz CT molecular complexity index is 283. The summed E-state index contributed by atoms with van der Waals surface area (Å²) in [6.07, 6.45) is 0. The average Bonchev–Trinajstić information content (AvgIpc) is 2.31. The maximum Gasteiger partial charge on any atom is 0.128 e. The molecule has 2 heteroatoms. The maximum absolute atomic E-state index is 13.0. The van der Waals surface area contributed by atoms with Crippen LogP contribution in [0.5, 0.6) is 0 Å². The lowest BCUT2D eigenvalue weighted by atomic mass is 10.1. The molecule has 0 saturated heterocycles. The van der Waals surface area contributed by atoms with Gasteiger partial charge >= 0.3 is 0 Å². The number of fused-ring (bicyclic) bond motifs is 1. The van der Waals surface area contributed by atoms with Gasteiger partial charge in [-0.15, -0.1) is 0 Å². The van der Waals surface area contributed by atoms with E-state index in [4.69, 9.17) is 0 Å². The lowest BCUT2D eigenvalue weighted by molar-refractivity contribution is 0.350. The van der Waals surface area contributed by atoms with Crippen molar-refractivity contribution in [3.05, 3.63) is 35.1 Å². The summed E-state index contributed by atoms with van der Waals surface area (Å²) in [6.45, 7) is 1.63. The van der Waals surface area contributed by atoms with Crippen molar-refractivity contribution < 1.29 is 4.39 Å². The van der Waals surface area contributed by atoms with E-state index in [1.165, 1.54) is 6.07 Å². The molecule has 1 aromatic carbocycles. The number of benzene rings is 1. The summed E-state index contributed by atoms with van der Waals surface area (Å²) in [4.78, 5) is 2.10. The summed E-state index contributed by atoms with van der Waals surface area (Å²) < 4.78 is 13.0. The van der Waals surface area contributed by atoms with Gasteiger partial charge in [-0.3, -0.25) is 4.90 Å². The van der Waals surface area contributed by atoms with Gasteiger partial charge in [-0.05, 0) is 18.7 Å². The van der Waals surface area contributed by atoms with Crippen LogP contribution < -0.4 is 0 Å². The highest BCUT2D eigenvalue weighted by Gasteiger charge is 2.17. The Balaban J connectivity index is 2.49. The van der Waals surface area contributed by atoms with Crippen LogP contribution in [0.3, 0.4) is 0 Å². The lowest BCUT2D eigenvalue weighted by Gasteiger charge is -2.02. The van der Waals surface area contributed by atoms with E-state index in [1.807, 2.05) is 13.1 Å². The quantitative estimate of drug-likeness (QED) is 0.546. The minimum absolute atomic E-state index is 0.0631. The molecule has 0 N–H and O–H groups in total. The first kappa shape index (κ1) is 6.80. The molecule has 0 radical (unpaired) electrons. The molecule has 1 aromatic rings. The standard InChI is InChI=1S/C9H10FN/c1-11-5-7-3-2-4-9(10)8(7)6-11/h2-4H,5-6H2,1H3. The third-order valence-electron chi connectivity index (χ3n) is 2.08. The number of rotatable bonds is 0. The van der Waals surface area contributed by atoms with Gasteiger partial charge < -0.3 is 0 Å². The first-order chi connectivity index (χ1) is 5.27. The second kappa shape index (κ2) is 2.31. The van der Waals surface area contributed by atoms with Gasteiger partial charge in [-0.2, -0.15) is 0 Å². The SMILES string of the molecule is CN1Cc2cccc(F)c2C1. The number of halogens is 1. The van der Waals surface area contributed by atoms with E-state index in [1.54, 1.807) is 6.07 Å². The molecule has 0 atom stereocenters. The summed E-state index contributed by atoms with van der Waals surface area (Å²) in [5.41, 5.74) is 2.00. The van der Waals surface area contributed by atoms with E-state index in [0.29, 0.717) is 0 Å². The van der Waals surface area contributed by atoms with Crippen LogP contribution in [0.2, 0.25) is 0 Å². The smallest absolute Gasteiger partial charge is 0.128 e. The summed E-state index contributed by atoms with van der Waals surface area (Å²) in [7, 11) is 2.00. The van der Waals surface area contributed by atoms with Crippen molar-refractivity contribution in [3.63, 3.8) is 0 Å². The van der Waals surface area contributed by atoms with Crippen LogP contribution >= 0.6 is 0 Å². The summed E-state index contributed by atoms with van der Waals surface area (Å²) in [5, 5.41) is 0. The fourth-order valence-corrected chi connectivity index (χ4v) is 1.55. The Kier molecular flexibility index (Phi) is 1.43. The van der Waals surface area contributed by atoms with Crippen LogP contribution in [0.4, 0.5) is 4.39 Å². The molecule has 0 unspecified atom stereocenters. The fraction of sp³-hybridized carbons (Fsp3) is 0.333. The Morgan fingerprint density at radius 2 is 2.18 bits per heavy atom. The number of hydrogen-bond donors (Lipinski definition) is 0. The normalized spacial score (nSPS) is 16.9. The fourth-order valence-electron chi connectivity index (χ4n) is 1.55. The summed E-state index contributed by atoms with van der Waals surface area (Å²) in [6, 6.07) is 5.28. The van der Waals surface area contributed by atoms with Crippen LogP contribution in [-0.4, -0.2) is 11.9 Å². The molecule has 0 aromatic heterocycles. The minimum Gasteiger partial charge on any atom is -0.298 e. The van der Waals surface area contributed by atoms with E-state index < -0.39 is 0 Å². The van der Waals surface area contributed by atoms with E-state index in [9.17, 15) is 4.39 Å². The molecule has 0 fully saturated rings. The second-order valence-electron chi connectivity index (χ2n) is 3.05. The summed E-state index contributed by atoms with van der Waals surface area (Å²) >= 11 is 0. The average molecular weight is 151 g/mol. The highest BCUT2D eigenvalue weighted by Crippen LogP contribution is 2.23. The van der Waals surface area contributed by atoms with Crippen molar-refractivity contribution >= 4 is 0 Å². The molecule has 58 valence electrons. The highest BCUT2D eigenvalue weighted by atomic mass is 19.1. The van der Waals surface area contributed by atoms with Gasteiger partial charge in [0.1, 0.15) is 5.82 Å². The third-order valence-corrected chi connectivity index (χ3v) is 2.08. The highest BCUT2D eigenvalue weighted by molar-refractivity contribution is 5.31. The van der Waals surface area contributed by atoms with Crippen molar-refractivity contribution in [2.24, 2.45) is 0 Å². The van der Waals surface area contributed by atoms with Gasteiger partial charge in [0.15, 0.2) is 0 Å². The van der Waals surface area contributed by atoms with Crippen molar-refractivity contribution in [1.29, 1.82) is 0 Å². The largest absolute Gasteiger partial charge is 0.298 e. The first-order valence-electron chi connectivity index (χ1n) is 3.72. The van der Waals surface area contributed by atoms with Crippen molar-refractivity contribution in [3.8, 4) is 0 Å². The molecule has 1 nitrogen and oxygen atoms in total. The summed E-state index contributed by atoms with van der Waals surface area (Å²) in [5.74, 6) is -0.0631. The second-order valence-corrected chi connectivity index (χ2v) is 3.05. The van der Waals surface area contributed by atoms with Crippen molar-refractivity contribution in [2.45, 2.75) is 13.1 Å². The molecule has 1 aliphatic rings. The van der Waals surface area contributed by atoms with Gasteiger partial charge in [-0.25, -0.2) is 4.39 Å². The molecule has 1 aliphatic heterocycles. The Labute approximate surface area is 65.4 Å². The molecule has 0 amide bonds. The maximum atomic E-state index is 13.0. The van der Waals surface area contributed by atoms with Gasteiger partial charge in [0.05, 0.1) is 0 Å². The Morgan fingerprint density at radius 1 is 1.36 bits per heavy atom. The van der Waals surface area contributed by atoms with Crippen LogP contribution in [0.1, 0.15) is 11.1 Å². The van der Waals surface area contributed by atoms with Crippen LogP contribution in [-0.2, 0) is 13.1 Å². The third kappa shape index (κ3) is 1.03. The number of nitrogens with zero attached hydrogens (tertiary/aromatic N) is 1. The molecule has 0 spiro atoms. The molecule has 0 aliphatic carbocycles. The molecule has 2 rings (SSSR count). The van der Waals surface area contributed by atoms with Gasteiger partial charge in [0.2, 0.25) is 0 Å². The van der Waals surface area contributed by atoms with Crippen LogP contribution in [0, 0.1) is 5.82 Å². The zero-order valence-electron chi connectivity index (χ0n) is 6.47. The zero-order chi connectivity index (χ0) is 7.84. The molecular weight excluding hydrogens is 141 g/mol. The molecular formula is C9H10FN. The molecule has 11 heavy (non-hydrogen) atoms. The van der Waals surface area contributed by atoms with Gasteiger partial charge in [0, 0.05) is 18.7 Å². The van der Waals surface area contributed by atoms with Crippen LogP contribution in [0.15, 0.2) is 18.2 Å². The first-order valence-corrected chi connectivity index (χ1v) is 3.72. The molecule has 0 bridgehead atoms. The van der Waals surface area contributed by atoms with E-state index in [0.717, 1.165) is 24.2 Å². The van der Waals surface area contributed by atoms with Crippen molar-refractivity contribution in [2.75, 3.05) is 7.05 Å². The topological polar surface area (TPSA) is 3.24 Å². The lowest BCUT2D eigenvalue weighted by Crippen LogP contribution is -2.07. The van der Waals surface area contributed by atoms with Crippen molar-refractivity contribution in [1.82, 2.24) is 4.90 Å². The number of hydrogen-bond acceptors (Lipinski definition) is 1. The monoisotopic (exact) mass is 151 g/mol. The Hall–Kier alpha value is -0.890. The predicted molar refractivity (Wildman–Crippen MR) is 41.6 cm³/mol. The predicted octanol–water partition coefficient (Wildman–Crippen LogP) is 1.77. The zero-order valence-corrected chi connectivity index (χ0v) is 6.47. The minimum atomic E-state index is -0.0631. The van der Waals surface area contributed by atoms with E-state index >= 15 is 0 Å². The molecule has 1 heterocycles. The van der Waals surface area contributed by atoms with Gasteiger partial charge in [-0.1, -0.05) is 12.1 Å². The Morgan fingerprint density at radius 3 is 2.91 bits per heavy atom. The van der Waals surface area contributed by atoms with Crippen LogP contribution in [0.25, 0.3) is 0 Å². The van der Waals surface area contributed by atoms with E-state index in [2.05, 4.69) is 4.90 Å².